The Labute approximate surface area is 95.1 Å². The molecule has 0 aromatic rings. The second kappa shape index (κ2) is 6.85. The van der Waals surface area contributed by atoms with E-state index in [2.05, 4.69) is 32.2 Å². The van der Waals surface area contributed by atoms with Crippen molar-refractivity contribution < 1.29 is 0 Å². The van der Waals surface area contributed by atoms with E-state index in [1.54, 1.807) is 0 Å². The Morgan fingerprint density at radius 1 is 1.27 bits per heavy atom. The van der Waals surface area contributed by atoms with E-state index in [1.165, 1.54) is 12.8 Å². The predicted octanol–water partition coefficient (Wildman–Crippen LogP) is 3.34. The van der Waals surface area contributed by atoms with Crippen LogP contribution in [0.25, 0.3) is 0 Å². The number of nitrogens with one attached hydrogen (secondary N) is 1. The van der Waals surface area contributed by atoms with Crippen LogP contribution in [0.4, 0.5) is 0 Å². The first-order chi connectivity index (χ1) is 6.96. The molecular weight excluding hydrogens is 184 g/mol. The SMILES string of the molecule is CCC(CC)C(C)NCCC(C)(C)C#N. The first-order valence-corrected chi connectivity index (χ1v) is 6.11. The summed E-state index contributed by atoms with van der Waals surface area (Å²) < 4.78 is 0. The van der Waals surface area contributed by atoms with E-state index < -0.39 is 0 Å². The summed E-state index contributed by atoms with van der Waals surface area (Å²) in [6.07, 6.45) is 3.38. The van der Waals surface area contributed by atoms with Gasteiger partial charge in [-0.1, -0.05) is 26.7 Å². The molecule has 0 aromatic heterocycles. The van der Waals surface area contributed by atoms with E-state index in [0.717, 1.165) is 18.9 Å². The van der Waals surface area contributed by atoms with E-state index in [9.17, 15) is 0 Å². The Bertz CT molecular complexity index is 199. The van der Waals surface area contributed by atoms with Gasteiger partial charge in [0.05, 0.1) is 11.5 Å². The van der Waals surface area contributed by atoms with Crippen molar-refractivity contribution in [3.8, 4) is 6.07 Å². The second-order valence-electron chi connectivity index (χ2n) is 5.07. The van der Waals surface area contributed by atoms with E-state index in [1.807, 2.05) is 13.8 Å². The molecule has 0 bridgehead atoms. The summed E-state index contributed by atoms with van der Waals surface area (Å²) in [4.78, 5) is 0. The summed E-state index contributed by atoms with van der Waals surface area (Å²) >= 11 is 0. The molecule has 2 nitrogen and oxygen atoms in total. The van der Waals surface area contributed by atoms with Gasteiger partial charge in [0, 0.05) is 6.04 Å². The summed E-state index contributed by atoms with van der Waals surface area (Å²) in [6, 6.07) is 2.90. The Morgan fingerprint density at radius 2 is 1.80 bits per heavy atom. The van der Waals surface area contributed by atoms with Crippen LogP contribution in [0.3, 0.4) is 0 Å². The zero-order chi connectivity index (χ0) is 11.9. The Morgan fingerprint density at radius 3 is 2.20 bits per heavy atom. The predicted molar refractivity (Wildman–Crippen MR) is 65.5 cm³/mol. The standard InChI is InChI=1S/C13H26N2/c1-6-12(7-2)11(3)15-9-8-13(4,5)10-14/h11-12,15H,6-9H2,1-5H3. The summed E-state index contributed by atoms with van der Waals surface area (Å²) in [5.41, 5.74) is -0.194. The molecule has 1 N–H and O–H groups in total. The molecule has 0 amide bonds. The van der Waals surface area contributed by atoms with Crippen LogP contribution in [0.5, 0.6) is 0 Å². The van der Waals surface area contributed by atoms with Crippen LogP contribution in [0.1, 0.15) is 53.9 Å². The second-order valence-corrected chi connectivity index (χ2v) is 5.07. The lowest BCUT2D eigenvalue weighted by Crippen LogP contribution is -2.35. The van der Waals surface area contributed by atoms with Crippen molar-refractivity contribution in [2.75, 3.05) is 6.54 Å². The van der Waals surface area contributed by atoms with Gasteiger partial charge in [-0.2, -0.15) is 5.26 Å². The zero-order valence-corrected chi connectivity index (χ0v) is 10.9. The fourth-order valence-corrected chi connectivity index (χ4v) is 1.83. The van der Waals surface area contributed by atoms with Crippen LogP contribution >= 0.6 is 0 Å². The lowest BCUT2D eigenvalue weighted by Gasteiger charge is -2.24. The summed E-state index contributed by atoms with van der Waals surface area (Å²) in [7, 11) is 0. The third-order valence-electron chi connectivity index (χ3n) is 3.27. The van der Waals surface area contributed by atoms with Gasteiger partial charge in [0.15, 0.2) is 0 Å². The first-order valence-electron chi connectivity index (χ1n) is 6.11. The molecule has 1 unspecified atom stereocenters. The fourth-order valence-electron chi connectivity index (χ4n) is 1.83. The van der Waals surface area contributed by atoms with Crippen molar-refractivity contribution in [2.45, 2.75) is 59.9 Å². The molecule has 0 aromatic carbocycles. The lowest BCUT2D eigenvalue weighted by atomic mass is 9.90. The van der Waals surface area contributed by atoms with Gasteiger partial charge < -0.3 is 5.32 Å². The van der Waals surface area contributed by atoms with Gasteiger partial charge in [-0.05, 0) is 39.7 Å². The number of hydrogen-bond acceptors (Lipinski definition) is 2. The molecular formula is C13H26N2. The highest BCUT2D eigenvalue weighted by atomic mass is 14.9. The van der Waals surface area contributed by atoms with Crippen LogP contribution in [0, 0.1) is 22.7 Å². The Kier molecular flexibility index (Phi) is 6.60. The van der Waals surface area contributed by atoms with Crippen LogP contribution in [0.15, 0.2) is 0 Å². The summed E-state index contributed by atoms with van der Waals surface area (Å²) in [5, 5.41) is 12.4. The van der Waals surface area contributed by atoms with Gasteiger partial charge in [-0.25, -0.2) is 0 Å². The molecule has 2 heteroatoms. The van der Waals surface area contributed by atoms with Gasteiger partial charge in [0.2, 0.25) is 0 Å². The van der Waals surface area contributed by atoms with Crippen LogP contribution < -0.4 is 5.32 Å². The largest absolute Gasteiger partial charge is 0.314 e. The summed E-state index contributed by atoms with van der Waals surface area (Å²) in [6.45, 7) is 11.7. The minimum absolute atomic E-state index is 0.194. The van der Waals surface area contributed by atoms with Crippen molar-refractivity contribution >= 4 is 0 Å². The van der Waals surface area contributed by atoms with Crippen LogP contribution in [-0.2, 0) is 0 Å². The third kappa shape index (κ3) is 5.79. The highest BCUT2D eigenvalue weighted by molar-refractivity contribution is 4.92. The highest BCUT2D eigenvalue weighted by Gasteiger charge is 2.18. The lowest BCUT2D eigenvalue weighted by molar-refractivity contribution is 0.333. The number of nitriles is 1. The van der Waals surface area contributed by atoms with Crippen molar-refractivity contribution in [3.05, 3.63) is 0 Å². The van der Waals surface area contributed by atoms with Crippen LogP contribution in [-0.4, -0.2) is 12.6 Å². The molecule has 0 saturated carbocycles. The van der Waals surface area contributed by atoms with Crippen molar-refractivity contribution in [2.24, 2.45) is 11.3 Å². The minimum Gasteiger partial charge on any atom is -0.314 e. The normalized spacial score (nSPS) is 13.9. The number of rotatable bonds is 7. The monoisotopic (exact) mass is 210 g/mol. The van der Waals surface area contributed by atoms with Gasteiger partial charge >= 0.3 is 0 Å². The zero-order valence-electron chi connectivity index (χ0n) is 10.9. The molecule has 1 atom stereocenters. The van der Waals surface area contributed by atoms with E-state index >= 15 is 0 Å². The molecule has 0 spiro atoms. The first kappa shape index (κ1) is 14.5. The maximum Gasteiger partial charge on any atom is 0.0684 e. The average Bonchev–Trinajstić information content (AvgIpc) is 2.19. The number of nitrogens with zero attached hydrogens (tertiary/aromatic N) is 1. The summed E-state index contributed by atoms with van der Waals surface area (Å²) in [5.74, 6) is 0.759. The molecule has 0 fully saturated rings. The quantitative estimate of drug-likeness (QED) is 0.699. The molecule has 0 rings (SSSR count). The number of hydrogen-bond donors (Lipinski definition) is 1. The smallest absolute Gasteiger partial charge is 0.0684 e. The van der Waals surface area contributed by atoms with E-state index in [-0.39, 0.29) is 5.41 Å². The average molecular weight is 210 g/mol. The van der Waals surface area contributed by atoms with Crippen molar-refractivity contribution in [1.29, 1.82) is 5.26 Å². The molecule has 0 aliphatic rings. The maximum atomic E-state index is 8.88. The van der Waals surface area contributed by atoms with Gasteiger partial charge in [0.1, 0.15) is 0 Å². The Hall–Kier alpha value is -0.550. The minimum atomic E-state index is -0.194. The molecule has 15 heavy (non-hydrogen) atoms. The van der Waals surface area contributed by atoms with Gasteiger partial charge in [-0.3, -0.25) is 0 Å². The van der Waals surface area contributed by atoms with Gasteiger partial charge in [-0.15, -0.1) is 0 Å². The molecule has 0 radical (unpaired) electrons. The van der Waals surface area contributed by atoms with Crippen molar-refractivity contribution in [3.63, 3.8) is 0 Å². The molecule has 0 aliphatic heterocycles. The molecule has 0 aliphatic carbocycles. The topological polar surface area (TPSA) is 35.8 Å². The molecule has 0 heterocycles. The molecule has 88 valence electrons. The van der Waals surface area contributed by atoms with E-state index in [4.69, 9.17) is 5.26 Å². The van der Waals surface area contributed by atoms with E-state index in [0.29, 0.717) is 6.04 Å². The van der Waals surface area contributed by atoms with Crippen molar-refractivity contribution in [1.82, 2.24) is 5.32 Å². The molecule has 0 saturated heterocycles. The van der Waals surface area contributed by atoms with Gasteiger partial charge in [0.25, 0.3) is 0 Å². The maximum absolute atomic E-state index is 8.88. The Balaban J connectivity index is 3.82. The third-order valence-corrected chi connectivity index (χ3v) is 3.27. The van der Waals surface area contributed by atoms with Crippen LogP contribution in [0.2, 0.25) is 0 Å². The highest BCUT2D eigenvalue weighted by Crippen LogP contribution is 2.18. The fraction of sp³-hybridized carbons (Fsp3) is 0.923.